The zero-order chi connectivity index (χ0) is 22.0. The molecule has 4 rings (SSSR count). The third kappa shape index (κ3) is 4.03. The van der Waals surface area contributed by atoms with E-state index in [1.54, 1.807) is 21.3 Å². The summed E-state index contributed by atoms with van der Waals surface area (Å²) in [6.45, 7) is 1.56. The van der Waals surface area contributed by atoms with Gasteiger partial charge in [-0.15, -0.1) is 0 Å². The van der Waals surface area contributed by atoms with E-state index < -0.39 is 0 Å². The maximum absolute atomic E-state index is 6.35. The number of anilines is 1. The van der Waals surface area contributed by atoms with Crippen LogP contribution in [0.5, 0.6) is 17.2 Å². The van der Waals surface area contributed by atoms with Gasteiger partial charge in [-0.2, -0.15) is 0 Å². The van der Waals surface area contributed by atoms with Gasteiger partial charge in [-0.1, -0.05) is 23.7 Å². The Kier molecular flexibility index (Phi) is 6.25. The van der Waals surface area contributed by atoms with E-state index in [0.29, 0.717) is 27.4 Å². The van der Waals surface area contributed by atoms with Gasteiger partial charge in [0.2, 0.25) is 5.75 Å². The van der Waals surface area contributed by atoms with Crippen LogP contribution in [-0.2, 0) is 6.54 Å². The lowest BCUT2D eigenvalue weighted by Gasteiger charge is -2.39. The fourth-order valence-corrected chi connectivity index (χ4v) is 4.45. The summed E-state index contributed by atoms with van der Waals surface area (Å²) in [5.41, 5.74) is 2.89. The molecule has 0 saturated heterocycles. The lowest BCUT2D eigenvalue weighted by molar-refractivity contribution is 0.288. The fourth-order valence-electron chi connectivity index (χ4n) is 3.96. The monoisotopic (exact) mass is 457 g/mol. The first-order valence-corrected chi connectivity index (χ1v) is 10.6. The number of hydrogen-bond acceptors (Lipinski definition) is 4. The van der Waals surface area contributed by atoms with Crippen LogP contribution in [0, 0.1) is 0 Å². The molecule has 3 aromatic rings. The molecule has 1 N–H and O–H groups in total. The van der Waals surface area contributed by atoms with E-state index in [1.807, 2.05) is 42.5 Å². The van der Waals surface area contributed by atoms with Crippen molar-refractivity contribution >= 4 is 34.6 Å². The van der Waals surface area contributed by atoms with Crippen molar-refractivity contribution in [3.8, 4) is 17.2 Å². The molecule has 1 atom stereocenters. The largest absolute Gasteiger partial charge is 0.493 e. The second-order valence-corrected chi connectivity index (χ2v) is 7.88. The highest BCUT2D eigenvalue weighted by Crippen LogP contribution is 2.43. The Labute approximate surface area is 192 Å². The van der Waals surface area contributed by atoms with Crippen LogP contribution in [0.25, 0.3) is 0 Å². The molecular formula is C23H24ClN3O3S. The predicted octanol–water partition coefficient (Wildman–Crippen LogP) is 4.97. The Bertz CT molecular complexity index is 1080. The minimum Gasteiger partial charge on any atom is -0.493 e. The van der Waals surface area contributed by atoms with Gasteiger partial charge in [0.1, 0.15) is 0 Å². The van der Waals surface area contributed by atoms with Crippen LogP contribution >= 0.6 is 23.8 Å². The zero-order valence-electron chi connectivity index (χ0n) is 17.6. The average molecular weight is 458 g/mol. The number of thiocarbonyl (C=S) groups is 1. The summed E-state index contributed by atoms with van der Waals surface area (Å²) in [5, 5.41) is 4.53. The lowest BCUT2D eigenvalue weighted by Crippen LogP contribution is -2.44. The van der Waals surface area contributed by atoms with Crippen LogP contribution in [0.4, 0.5) is 5.69 Å². The van der Waals surface area contributed by atoms with Crippen LogP contribution in [-0.4, -0.2) is 42.5 Å². The maximum Gasteiger partial charge on any atom is 0.203 e. The van der Waals surface area contributed by atoms with Crippen molar-refractivity contribution in [2.24, 2.45) is 0 Å². The zero-order valence-corrected chi connectivity index (χ0v) is 19.2. The lowest BCUT2D eigenvalue weighted by atomic mass is 9.99. The molecule has 0 bridgehead atoms. The number of aromatic nitrogens is 1. The molecule has 1 aromatic heterocycles. The van der Waals surface area contributed by atoms with Crippen molar-refractivity contribution in [3.05, 3.63) is 71.0 Å². The molecule has 0 fully saturated rings. The Morgan fingerprint density at radius 1 is 1.00 bits per heavy atom. The van der Waals surface area contributed by atoms with E-state index in [1.165, 1.54) is 0 Å². The van der Waals surface area contributed by atoms with Gasteiger partial charge >= 0.3 is 0 Å². The van der Waals surface area contributed by atoms with Gasteiger partial charge < -0.3 is 29.0 Å². The first kappa shape index (κ1) is 21.3. The number of benzene rings is 2. The number of methoxy groups -OCH3 is 3. The molecule has 0 amide bonds. The van der Waals surface area contributed by atoms with Crippen molar-refractivity contribution in [3.63, 3.8) is 0 Å². The molecule has 1 unspecified atom stereocenters. The summed E-state index contributed by atoms with van der Waals surface area (Å²) in [7, 11) is 4.83. The normalized spacial score (nSPS) is 15.2. The Morgan fingerprint density at radius 2 is 1.71 bits per heavy atom. The highest BCUT2D eigenvalue weighted by molar-refractivity contribution is 7.80. The Morgan fingerprint density at radius 3 is 2.35 bits per heavy atom. The number of nitrogens with one attached hydrogen (secondary N) is 1. The predicted molar refractivity (Wildman–Crippen MR) is 127 cm³/mol. The second-order valence-electron chi connectivity index (χ2n) is 7.09. The van der Waals surface area contributed by atoms with Crippen molar-refractivity contribution in [2.75, 3.05) is 33.2 Å². The van der Waals surface area contributed by atoms with Crippen LogP contribution < -0.4 is 19.5 Å². The third-order valence-corrected chi connectivity index (χ3v) is 6.08. The molecular weight excluding hydrogens is 434 g/mol. The SMILES string of the molecule is COc1cc(C2c3cccn3CCN2C(=S)Nc2ccccc2Cl)cc(OC)c1OC. The summed E-state index contributed by atoms with van der Waals surface area (Å²) in [6, 6.07) is 15.5. The van der Waals surface area contributed by atoms with Gasteiger partial charge in [-0.3, -0.25) is 0 Å². The molecule has 162 valence electrons. The molecule has 0 spiro atoms. The van der Waals surface area contributed by atoms with Gasteiger partial charge in [-0.25, -0.2) is 0 Å². The highest BCUT2D eigenvalue weighted by atomic mass is 35.5. The minimum atomic E-state index is -0.139. The number of hydrogen-bond donors (Lipinski definition) is 1. The van der Waals surface area contributed by atoms with E-state index in [-0.39, 0.29) is 6.04 Å². The summed E-state index contributed by atoms with van der Waals surface area (Å²) in [5.74, 6) is 1.76. The Hall–Kier alpha value is -2.90. The molecule has 0 aliphatic carbocycles. The molecule has 31 heavy (non-hydrogen) atoms. The molecule has 8 heteroatoms. The smallest absolute Gasteiger partial charge is 0.203 e. The first-order valence-electron chi connectivity index (χ1n) is 9.84. The van der Waals surface area contributed by atoms with E-state index >= 15 is 0 Å². The van der Waals surface area contributed by atoms with Crippen LogP contribution in [0.1, 0.15) is 17.3 Å². The van der Waals surface area contributed by atoms with E-state index in [2.05, 4.69) is 27.0 Å². The van der Waals surface area contributed by atoms with Gasteiger partial charge in [-0.05, 0) is 54.2 Å². The number of halogens is 1. The molecule has 1 aliphatic heterocycles. The molecule has 0 saturated carbocycles. The minimum absolute atomic E-state index is 0.139. The number of para-hydroxylation sites is 1. The number of rotatable bonds is 5. The van der Waals surface area contributed by atoms with Crippen molar-refractivity contribution in [2.45, 2.75) is 12.6 Å². The first-order chi connectivity index (χ1) is 15.1. The van der Waals surface area contributed by atoms with Crippen LogP contribution in [0.3, 0.4) is 0 Å². The molecule has 2 heterocycles. The van der Waals surface area contributed by atoms with Gasteiger partial charge in [0.25, 0.3) is 0 Å². The van der Waals surface area contributed by atoms with Crippen molar-refractivity contribution in [1.29, 1.82) is 0 Å². The molecule has 2 aromatic carbocycles. The second kappa shape index (κ2) is 9.08. The van der Waals surface area contributed by atoms with E-state index in [9.17, 15) is 0 Å². The molecule has 6 nitrogen and oxygen atoms in total. The maximum atomic E-state index is 6.35. The molecule has 1 aliphatic rings. The summed E-state index contributed by atoms with van der Waals surface area (Å²) in [4.78, 5) is 2.16. The van der Waals surface area contributed by atoms with Gasteiger partial charge in [0.05, 0.1) is 38.1 Å². The standard InChI is InChI=1S/C23H24ClN3O3S/c1-28-19-13-15(14-20(29-2)22(19)30-3)21-18-9-6-10-26(18)11-12-27(21)23(31)25-17-8-5-4-7-16(17)24/h4-10,13-14,21H,11-12H2,1-3H3,(H,25,31). The van der Waals surface area contributed by atoms with Gasteiger partial charge in [0, 0.05) is 25.0 Å². The van der Waals surface area contributed by atoms with Gasteiger partial charge in [0.15, 0.2) is 16.6 Å². The van der Waals surface area contributed by atoms with Crippen LogP contribution in [0.2, 0.25) is 5.02 Å². The van der Waals surface area contributed by atoms with E-state index in [4.69, 9.17) is 38.0 Å². The Balaban J connectivity index is 1.77. The average Bonchev–Trinajstić information content (AvgIpc) is 3.27. The van der Waals surface area contributed by atoms with E-state index in [0.717, 1.165) is 30.0 Å². The van der Waals surface area contributed by atoms with Crippen molar-refractivity contribution in [1.82, 2.24) is 9.47 Å². The van der Waals surface area contributed by atoms with Crippen molar-refractivity contribution < 1.29 is 14.2 Å². The quantitative estimate of drug-likeness (QED) is 0.546. The molecule has 0 radical (unpaired) electrons. The summed E-state index contributed by atoms with van der Waals surface area (Å²) >= 11 is 12.2. The third-order valence-electron chi connectivity index (χ3n) is 5.42. The van der Waals surface area contributed by atoms with Crippen LogP contribution in [0.15, 0.2) is 54.7 Å². The number of fused-ring (bicyclic) bond motifs is 1. The summed E-state index contributed by atoms with van der Waals surface area (Å²) < 4.78 is 18.9. The highest BCUT2D eigenvalue weighted by Gasteiger charge is 2.32. The topological polar surface area (TPSA) is 47.9 Å². The summed E-state index contributed by atoms with van der Waals surface area (Å²) in [6.07, 6.45) is 2.09. The number of nitrogens with zero attached hydrogens (tertiary/aromatic N) is 2. The fraction of sp³-hybridized carbons (Fsp3) is 0.261. The number of ether oxygens (including phenoxy) is 3.